The van der Waals surface area contributed by atoms with Crippen molar-refractivity contribution in [3.63, 3.8) is 0 Å². The van der Waals surface area contributed by atoms with Gasteiger partial charge in [-0.25, -0.2) is 0 Å². The Hall–Kier alpha value is -3.91. The first kappa shape index (κ1) is 17.0. The molecule has 2 aromatic heterocycles. The highest BCUT2D eigenvalue weighted by Crippen LogP contribution is 2.37. The van der Waals surface area contributed by atoms with Gasteiger partial charge in [-0.1, -0.05) is 66.2 Å². The summed E-state index contributed by atoms with van der Waals surface area (Å²) in [6.07, 6.45) is 1.87. The number of pyridine rings is 1. The van der Waals surface area contributed by atoms with Crippen LogP contribution in [0.5, 0.6) is 0 Å². The van der Waals surface area contributed by atoms with E-state index in [1.54, 1.807) is 0 Å². The molecular formula is C28H19NO. The minimum absolute atomic E-state index is 0.886. The third-order valence-corrected chi connectivity index (χ3v) is 5.75. The van der Waals surface area contributed by atoms with E-state index in [-0.39, 0.29) is 0 Å². The van der Waals surface area contributed by atoms with E-state index in [4.69, 9.17) is 4.42 Å². The van der Waals surface area contributed by atoms with Crippen LogP contribution in [0.3, 0.4) is 0 Å². The summed E-state index contributed by atoms with van der Waals surface area (Å²) in [5.74, 6) is 0. The molecule has 0 aliphatic rings. The minimum Gasteiger partial charge on any atom is -0.455 e. The Balaban J connectivity index is 1.59. The lowest BCUT2D eigenvalue weighted by molar-refractivity contribution is 0.670. The van der Waals surface area contributed by atoms with E-state index in [1.165, 1.54) is 21.9 Å². The third-order valence-electron chi connectivity index (χ3n) is 5.75. The van der Waals surface area contributed by atoms with Crippen LogP contribution in [0, 0.1) is 6.92 Å². The number of para-hydroxylation sites is 1. The maximum atomic E-state index is 6.38. The highest BCUT2D eigenvalue weighted by molar-refractivity contribution is 6.13. The molecule has 0 atom stereocenters. The average Bonchev–Trinajstić information content (AvgIpc) is 3.16. The van der Waals surface area contributed by atoms with Crippen LogP contribution >= 0.6 is 0 Å². The van der Waals surface area contributed by atoms with Crippen molar-refractivity contribution in [3.05, 3.63) is 103 Å². The van der Waals surface area contributed by atoms with E-state index >= 15 is 0 Å². The fraction of sp³-hybridized carbons (Fsp3) is 0.0357. The summed E-state index contributed by atoms with van der Waals surface area (Å²) in [6.45, 7) is 2.13. The molecule has 0 spiro atoms. The molecule has 0 aliphatic heterocycles. The molecule has 0 radical (unpaired) electrons. The van der Waals surface area contributed by atoms with Gasteiger partial charge < -0.3 is 4.42 Å². The monoisotopic (exact) mass is 385 g/mol. The van der Waals surface area contributed by atoms with E-state index in [2.05, 4.69) is 90.8 Å². The van der Waals surface area contributed by atoms with Crippen molar-refractivity contribution in [1.82, 2.24) is 4.98 Å². The predicted molar refractivity (Wildman–Crippen MR) is 125 cm³/mol. The number of hydrogen-bond donors (Lipinski definition) is 0. The standard InChI is InChI=1S/C28H19NO/c1-18-10-11-20-17-27-25(15-22(20)14-18)23-8-5-9-24(28(23)30-27)26-16-21(12-13-29-26)19-6-3-2-4-7-19/h2-17H,1H3. The van der Waals surface area contributed by atoms with Gasteiger partial charge in [-0.15, -0.1) is 0 Å². The molecular weight excluding hydrogens is 366 g/mol. The van der Waals surface area contributed by atoms with Crippen LogP contribution in [0.4, 0.5) is 0 Å². The van der Waals surface area contributed by atoms with Crippen LogP contribution in [-0.4, -0.2) is 4.98 Å². The molecule has 0 saturated carbocycles. The maximum Gasteiger partial charge on any atom is 0.144 e. The summed E-state index contributed by atoms with van der Waals surface area (Å²) in [7, 11) is 0. The maximum absolute atomic E-state index is 6.38. The van der Waals surface area contributed by atoms with E-state index in [9.17, 15) is 0 Å². The van der Waals surface area contributed by atoms with Gasteiger partial charge in [0.05, 0.1) is 5.69 Å². The summed E-state index contributed by atoms with van der Waals surface area (Å²) in [5.41, 5.74) is 7.32. The van der Waals surface area contributed by atoms with Crippen LogP contribution in [0.1, 0.15) is 5.56 Å². The summed E-state index contributed by atoms with van der Waals surface area (Å²) in [4.78, 5) is 4.66. The molecule has 0 unspecified atom stereocenters. The van der Waals surface area contributed by atoms with E-state index in [0.29, 0.717) is 0 Å². The second kappa shape index (κ2) is 6.57. The number of furan rings is 1. The minimum atomic E-state index is 0.886. The molecule has 6 rings (SSSR count). The Morgan fingerprint density at radius 3 is 2.47 bits per heavy atom. The molecule has 2 heteroatoms. The first-order valence-corrected chi connectivity index (χ1v) is 10.1. The molecule has 0 amide bonds. The first-order valence-electron chi connectivity index (χ1n) is 10.1. The smallest absolute Gasteiger partial charge is 0.144 e. The molecule has 6 aromatic rings. The van der Waals surface area contributed by atoms with Crippen LogP contribution in [0.25, 0.3) is 55.1 Å². The summed E-state index contributed by atoms with van der Waals surface area (Å²) in [6, 6.07) is 31.8. The zero-order valence-corrected chi connectivity index (χ0v) is 16.6. The van der Waals surface area contributed by atoms with Crippen LogP contribution in [0.15, 0.2) is 102 Å². The largest absolute Gasteiger partial charge is 0.455 e. The van der Waals surface area contributed by atoms with Crippen LogP contribution < -0.4 is 0 Å². The second-order valence-electron chi connectivity index (χ2n) is 7.78. The number of fused-ring (bicyclic) bond motifs is 4. The SMILES string of the molecule is Cc1ccc2cc3oc4c(-c5cc(-c6ccccc6)ccn5)cccc4c3cc2c1. The van der Waals surface area contributed by atoms with Gasteiger partial charge in [0.15, 0.2) is 0 Å². The highest BCUT2D eigenvalue weighted by atomic mass is 16.3. The summed E-state index contributed by atoms with van der Waals surface area (Å²) < 4.78 is 6.38. The Labute approximate surface area is 174 Å². The van der Waals surface area contributed by atoms with E-state index in [0.717, 1.165) is 38.8 Å². The van der Waals surface area contributed by atoms with Gasteiger partial charge in [-0.2, -0.15) is 0 Å². The molecule has 0 N–H and O–H groups in total. The zero-order valence-electron chi connectivity index (χ0n) is 16.6. The Bertz CT molecular complexity index is 1540. The van der Waals surface area contributed by atoms with Crippen LogP contribution in [0.2, 0.25) is 0 Å². The van der Waals surface area contributed by atoms with Gasteiger partial charge in [0.1, 0.15) is 11.2 Å². The lowest BCUT2D eigenvalue weighted by atomic mass is 10.0. The van der Waals surface area contributed by atoms with Crippen molar-refractivity contribution in [2.24, 2.45) is 0 Å². The first-order chi connectivity index (χ1) is 14.8. The number of hydrogen-bond acceptors (Lipinski definition) is 2. The quantitative estimate of drug-likeness (QED) is 0.304. The number of nitrogens with zero attached hydrogens (tertiary/aromatic N) is 1. The van der Waals surface area contributed by atoms with Crippen molar-refractivity contribution >= 4 is 32.7 Å². The zero-order chi connectivity index (χ0) is 20.1. The lowest BCUT2D eigenvalue weighted by Gasteiger charge is -2.06. The average molecular weight is 385 g/mol. The second-order valence-corrected chi connectivity index (χ2v) is 7.78. The Morgan fingerprint density at radius 1 is 0.667 bits per heavy atom. The molecule has 0 saturated heterocycles. The normalized spacial score (nSPS) is 11.5. The van der Waals surface area contributed by atoms with Crippen molar-refractivity contribution < 1.29 is 4.42 Å². The molecule has 30 heavy (non-hydrogen) atoms. The molecule has 0 bridgehead atoms. The summed E-state index contributed by atoms with van der Waals surface area (Å²) in [5, 5.41) is 4.69. The highest BCUT2D eigenvalue weighted by Gasteiger charge is 2.14. The summed E-state index contributed by atoms with van der Waals surface area (Å²) >= 11 is 0. The van der Waals surface area contributed by atoms with Crippen LogP contribution in [-0.2, 0) is 0 Å². The fourth-order valence-corrected chi connectivity index (χ4v) is 4.25. The number of rotatable bonds is 2. The molecule has 4 aromatic carbocycles. The van der Waals surface area contributed by atoms with Crippen molar-refractivity contribution in [3.8, 4) is 22.4 Å². The van der Waals surface area contributed by atoms with E-state index in [1.807, 2.05) is 18.3 Å². The molecule has 0 aliphatic carbocycles. The van der Waals surface area contributed by atoms with Crippen molar-refractivity contribution in [1.29, 1.82) is 0 Å². The van der Waals surface area contributed by atoms with E-state index < -0.39 is 0 Å². The van der Waals surface area contributed by atoms with Gasteiger partial charge in [0.25, 0.3) is 0 Å². The van der Waals surface area contributed by atoms with Gasteiger partial charge in [-0.3, -0.25) is 4.98 Å². The Morgan fingerprint density at radius 2 is 1.57 bits per heavy atom. The molecule has 2 heterocycles. The number of aryl methyl sites for hydroxylation is 1. The number of benzene rings is 4. The van der Waals surface area contributed by atoms with Gasteiger partial charge in [0.2, 0.25) is 0 Å². The number of aromatic nitrogens is 1. The topological polar surface area (TPSA) is 26.0 Å². The van der Waals surface area contributed by atoms with Crippen molar-refractivity contribution in [2.45, 2.75) is 6.92 Å². The van der Waals surface area contributed by atoms with Gasteiger partial charge >= 0.3 is 0 Å². The van der Waals surface area contributed by atoms with Gasteiger partial charge in [-0.05, 0) is 59.2 Å². The Kier molecular flexibility index (Phi) is 3.72. The molecule has 0 fully saturated rings. The molecule has 2 nitrogen and oxygen atoms in total. The molecule has 142 valence electrons. The van der Waals surface area contributed by atoms with Gasteiger partial charge in [0, 0.05) is 22.5 Å². The predicted octanol–water partition coefficient (Wildman–Crippen LogP) is 7.78. The third kappa shape index (κ3) is 2.69. The fourth-order valence-electron chi connectivity index (χ4n) is 4.25. The van der Waals surface area contributed by atoms with Crippen molar-refractivity contribution in [2.75, 3.05) is 0 Å². The lowest BCUT2D eigenvalue weighted by Crippen LogP contribution is -1.86.